The van der Waals surface area contributed by atoms with E-state index >= 15 is 0 Å². The van der Waals surface area contributed by atoms with Gasteiger partial charge in [-0.1, -0.05) is 72.4 Å². The van der Waals surface area contributed by atoms with Crippen LogP contribution in [0.4, 0.5) is 0 Å². The molecule has 47 heavy (non-hydrogen) atoms. The van der Waals surface area contributed by atoms with E-state index in [4.69, 9.17) is 29.7 Å². The van der Waals surface area contributed by atoms with Crippen molar-refractivity contribution in [3.63, 3.8) is 0 Å². The number of esters is 2. The SMILES string of the molecule is CCOC(=O)CC[C@@H]1/C2=C3/c4[n-]c(c(C)c4C(=O)[C@@H]3C(=O)OC)/C=c3\[n-]/c(c(C)c3CC)=C\c3[n-]c(c(C)c3CC)/C=C(\[N-]2)[C@H]1C.[Mg+2]. The summed E-state index contributed by atoms with van der Waals surface area (Å²) in [5, 5.41) is 6.82. The van der Waals surface area contributed by atoms with Gasteiger partial charge in [0.2, 0.25) is 0 Å². The molecule has 1 aliphatic carbocycles. The molecule has 0 aromatic carbocycles. The second-order valence-corrected chi connectivity index (χ2v) is 12.4. The molecule has 1 fully saturated rings. The van der Waals surface area contributed by atoms with Crippen molar-refractivity contribution in [1.29, 1.82) is 0 Å². The number of nitrogens with zero attached hydrogens (tertiary/aromatic N) is 4. The third-order valence-corrected chi connectivity index (χ3v) is 9.94. The van der Waals surface area contributed by atoms with Crippen molar-refractivity contribution in [2.24, 2.45) is 17.8 Å². The van der Waals surface area contributed by atoms with Crippen molar-refractivity contribution in [2.45, 2.75) is 74.1 Å². The Morgan fingerprint density at radius 3 is 2.19 bits per heavy atom. The van der Waals surface area contributed by atoms with Gasteiger partial charge in [-0.3, -0.25) is 14.4 Å². The van der Waals surface area contributed by atoms with Crippen LogP contribution >= 0.6 is 0 Å². The zero-order valence-electron chi connectivity index (χ0n) is 28.5. The summed E-state index contributed by atoms with van der Waals surface area (Å²) in [6.07, 6.45) is 8.22. The van der Waals surface area contributed by atoms with Crippen LogP contribution in [0, 0.1) is 38.5 Å². The van der Waals surface area contributed by atoms with Crippen molar-refractivity contribution in [2.75, 3.05) is 13.7 Å². The monoisotopic (exact) mass is 644 g/mol. The van der Waals surface area contributed by atoms with Gasteiger partial charge in [-0.25, -0.2) is 0 Å². The van der Waals surface area contributed by atoms with Gasteiger partial charge in [0.15, 0.2) is 5.78 Å². The molecule has 3 atom stereocenters. The smallest absolute Gasteiger partial charge is 0.664 e. The normalized spacial score (nSPS) is 23.5. The van der Waals surface area contributed by atoms with E-state index in [-0.39, 0.29) is 53.1 Å². The minimum Gasteiger partial charge on any atom is -0.664 e. The van der Waals surface area contributed by atoms with E-state index in [1.807, 2.05) is 19.1 Å². The second-order valence-electron chi connectivity index (χ2n) is 12.4. The summed E-state index contributed by atoms with van der Waals surface area (Å²) < 4.78 is 10.4. The van der Waals surface area contributed by atoms with Crippen LogP contribution in [-0.2, 0) is 31.9 Å². The number of hydrogen-bond donors (Lipinski definition) is 0. The third kappa shape index (κ3) is 5.63. The molecule has 242 valence electrons. The van der Waals surface area contributed by atoms with Crippen molar-refractivity contribution in [3.8, 4) is 0 Å². The van der Waals surface area contributed by atoms with Crippen LogP contribution in [0.25, 0.3) is 29.1 Å². The molecule has 10 heteroatoms. The summed E-state index contributed by atoms with van der Waals surface area (Å²) >= 11 is 0. The van der Waals surface area contributed by atoms with E-state index in [9.17, 15) is 14.4 Å². The van der Waals surface area contributed by atoms with Crippen LogP contribution in [0.15, 0.2) is 11.4 Å². The molecular formula is C37H40MgN4O5-2. The molecule has 0 N–H and O–H groups in total. The maximum absolute atomic E-state index is 14.1. The summed E-state index contributed by atoms with van der Waals surface area (Å²) in [5.74, 6) is -2.88. The molecule has 8 bridgehead atoms. The topological polar surface area (TPSA) is 126 Å². The van der Waals surface area contributed by atoms with Gasteiger partial charge in [0.25, 0.3) is 0 Å². The first kappa shape index (κ1) is 34.6. The van der Waals surface area contributed by atoms with Crippen LogP contribution in [0.3, 0.4) is 0 Å². The number of Topliss-reactive ketones (excluding diaryl/α,β-unsaturated/α-hetero) is 1. The van der Waals surface area contributed by atoms with Gasteiger partial charge in [0.05, 0.1) is 13.7 Å². The number of methoxy groups -OCH3 is 1. The molecule has 0 amide bonds. The number of rotatable bonds is 7. The number of carbonyl (C=O) groups excluding carboxylic acids is 3. The van der Waals surface area contributed by atoms with Gasteiger partial charge >= 0.3 is 35.0 Å². The summed E-state index contributed by atoms with van der Waals surface area (Å²) in [6.45, 7) is 14.4. The Morgan fingerprint density at radius 1 is 0.851 bits per heavy atom. The van der Waals surface area contributed by atoms with Gasteiger partial charge in [-0.15, -0.1) is 33.5 Å². The molecule has 6 rings (SSSR count). The molecule has 3 aliphatic rings. The number of carbonyl (C=O) groups is 3. The molecule has 0 saturated carbocycles. The summed E-state index contributed by atoms with van der Waals surface area (Å²) in [5.41, 5.74) is 10.2. The molecule has 2 aliphatic heterocycles. The maximum Gasteiger partial charge on any atom is 2.00 e. The van der Waals surface area contributed by atoms with Gasteiger partial charge < -0.3 is 29.7 Å². The molecule has 1 saturated heterocycles. The fraction of sp³-hybridized carbons (Fsp3) is 0.432. The standard InChI is InChI=1S/C37H41N4O5.Mg/c1-9-21-17(4)24-14-26-19(6)23(12-13-30(42)46-11-3)34(40-26)32-33(37(44)45-8)36(43)31-20(7)27(41-35(31)32)16-29-22(10-2)18(5)25(39-29)15-28(21)38-24;/h14-16,19,23,33H,9-13H2,1-8H3,(H-,40,41,43);/q-3;+2/p-1/b25-15-,26-14-,29-16-;/t19-,23-,33+;/m0./s1. The largest absolute Gasteiger partial charge is 2.00 e. The van der Waals surface area contributed by atoms with E-state index in [1.165, 1.54) is 7.11 Å². The summed E-state index contributed by atoms with van der Waals surface area (Å²) in [7, 11) is 1.29. The zero-order valence-corrected chi connectivity index (χ0v) is 30.0. The Labute approximate surface area is 291 Å². The Kier molecular flexibility index (Phi) is 9.85. The number of hydrogen-bond acceptors (Lipinski definition) is 5. The molecule has 0 radical (unpaired) electrons. The summed E-state index contributed by atoms with van der Waals surface area (Å²) in [4.78, 5) is 55.1. The Balaban J connectivity index is 0.00000433. The number of ketones is 1. The maximum atomic E-state index is 14.1. The van der Waals surface area contributed by atoms with Gasteiger partial charge in [0.1, 0.15) is 5.92 Å². The molecular weight excluding hydrogens is 605 g/mol. The minimum absolute atomic E-state index is 0. The third-order valence-electron chi connectivity index (χ3n) is 9.94. The van der Waals surface area contributed by atoms with E-state index in [0.717, 1.165) is 62.9 Å². The average molecular weight is 645 g/mol. The predicted octanol–water partition coefficient (Wildman–Crippen LogP) is 3.92. The number of fused-ring (bicyclic) bond motifs is 7. The van der Waals surface area contributed by atoms with Crippen molar-refractivity contribution < 1.29 is 23.9 Å². The van der Waals surface area contributed by atoms with Gasteiger partial charge in [-0.05, 0) is 58.8 Å². The number of allylic oxidation sites excluding steroid dienone is 2. The van der Waals surface area contributed by atoms with Gasteiger partial charge in [-0.2, -0.15) is 11.4 Å². The second kappa shape index (κ2) is 13.4. The minimum atomic E-state index is -1.19. The zero-order chi connectivity index (χ0) is 33.0. The van der Waals surface area contributed by atoms with Gasteiger partial charge in [0, 0.05) is 12.0 Å². The quantitative estimate of drug-likeness (QED) is 0.215. The van der Waals surface area contributed by atoms with Crippen molar-refractivity contribution in [3.05, 3.63) is 83.6 Å². The first-order valence-electron chi connectivity index (χ1n) is 16.2. The van der Waals surface area contributed by atoms with Crippen molar-refractivity contribution >= 4 is 64.6 Å². The Hall–Kier alpha value is -3.76. The van der Waals surface area contributed by atoms with E-state index < -0.39 is 11.9 Å². The molecule has 0 spiro atoms. The van der Waals surface area contributed by atoms with Crippen LogP contribution in [0.1, 0.15) is 101 Å². The fourth-order valence-corrected chi connectivity index (χ4v) is 7.38. The molecule has 3 aromatic rings. The van der Waals surface area contributed by atoms with Crippen LogP contribution < -0.4 is 25.7 Å². The van der Waals surface area contributed by atoms with Crippen molar-refractivity contribution in [1.82, 2.24) is 15.0 Å². The predicted molar refractivity (Wildman–Crippen MR) is 181 cm³/mol. The van der Waals surface area contributed by atoms with Crippen LogP contribution in [0.2, 0.25) is 0 Å². The van der Waals surface area contributed by atoms with E-state index in [2.05, 4.69) is 40.7 Å². The first-order chi connectivity index (χ1) is 22.0. The van der Waals surface area contributed by atoms with E-state index in [1.54, 1.807) is 6.92 Å². The Bertz CT molecular complexity index is 1970. The fourth-order valence-electron chi connectivity index (χ4n) is 7.38. The average Bonchev–Trinajstić information content (AvgIpc) is 3.77. The molecule has 9 nitrogen and oxygen atoms in total. The molecule has 0 unspecified atom stereocenters. The van der Waals surface area contributed by atoms with Crippen LogP contribution in [0.5, 0.6) is 0 Å². The molecule has 5 heterocycles. The number of aromatic nitrogens is 3. The first-order valence-corrected chi connectivity index (χ1v) is 16.2. The Morgan fingerprint density at radius 2 is 1.53 bits per heavy atom. The van der Waals surface area contributed by atoms with Crippen LogP contribution in [-0.4, -0.2) is 54.5 Å². The molecule has 3 aromatic heterocycles. The number of ether oxygens (including phenoxy) is 2. The summed E-state index contributed by atoms with van der Waals surface area (Å²) in [6, 6.07) is 0. The van der Waals surface area contributed by atoms with E-state index in [0.29, 0.717) is 46.8 Å².